The molecule has 5 heteroatoms. The van der Waals surface area contributed by atoms with E-state index in [1.807, 2.05) is 0 Å². The average molecular weight is 233 g/mol. The third kappa shape index (κ3) is 3.12. The molecule has 3 nitrogen and oxygen atoms in total. The molecule has 1 heterocycles. The topological polar surface area (TPSA) is 46.0 Å². The van der Waals surface area contributed by atoms with Crippen LogP contribution in [-0.4, -0.2) is 20.8 Å². The van der Waals surface area contributed by atoms with Crippen molar-refractivity contribution in [1.29, 1.82) is 0 Å². The minimum Gasteiger partial charge on any atom is -0.391 e. The third-order valence-electron chi connectivity index (χ3n) is 1.75. The first kappa shape index (κ1) is 11.8. The van der Waals surface area contributed by atoms with Crippen LogP contribution in [0.1, 0.15) is 25.3 Å². The van der Waals surface area contributed by atoms with Crippen molar-refractivity contribution >= 4 is 23.4 Å². The zero-order valence-electron chi connectivity index (χ0n) is 8.03. The van der Waals surface area contributed by atoms with Crippen molar-refractivity contribution in [3.8, 4) is 0 Å². The Labute approximate surface area is 92.9 Å². The Bertz CT molecular complexity index is 296. The van der Waals surface area contributed by atoms with Gasteiger partial charge in [0, 0.05) is 5.56 Å². The standard InChI is InChI=1S/C9H13ClN2OS/c1-2-3-4-14-9-7(5-13)8(10)11-6-12-9/h6,13H,2-5H2,1H3. The molecule has 0 aromatic carbocycles. The highest BCUT2D eigenvalue weighted by atomic mass is 35.5. The summed E-state index contributed by atoms with van der Waals surface area (Å²) in [4.78, 5) is 7.91. The van der Waals surface area contributed by atoms with Gasteiger partial charge in [0.25, 0.3) is 0 Å². The lowest BCUT2D eigenvalue weighted by Gasteiger charge is -2.05. The van der Waals surface area contributed by atoms with Crippen LogP contribution >= 0.6 is 23.4 Å². The van der Waals surface area contributed by atoms with Crippen molar-refractivity contribution in [2.45, 2.75) is 31.4 Å². The second kappa shape index (κ2) is 6.22. The summed E-state index contributed by atoms with van der Waals surface area (Å²) in [6.07, 6.45) is 3.72. The SMILES string of the molecule is CCCCSc1ncnc(Cl)c1CO. The zero-order valence-corrected chi connectivity index (χ0v) is 9.61. The molecule has 0 saturated carbocycles. The maximum absolute atomic E-state index is 9.08. The number of nitrogens with zero attached hydrogens (tertiary/aromatic N) is 2. The lowest BCUT2D eigenvalue weighted by molar-refractivity contribution is 0.277. The molecule has 14 heavy (non-hydrogen) atoms. The van der Waals surface area contributed by atoms with Gasteiger partial charge in [-0.05, 0) is 12.2 Å². The lowest BCUT2D eigenvalue weighted by atomic mass is 10.4. The molecular formula is C9H13ClN2OS. The maximum Gasteiger partial charge on any atom is 0.139 e. The number of aliphatic hydroxyl groups is 1. The molecular weight excluding hydrogens is 220 g/mol. The number of thioether (sulfide) groups is 1. The van der Waals surface area contributed by atoms with Crippen molar-refractivity contribution in [2.75, 3.05) is 5.75 Å². The van der Waals surface area contributed by atoms with Crippen molar-refractivity contribution in [1.82, 2.24) is 9.97 Å². The van der Waals surface area contributed by atoms with E-state index in [1.54, 1.807) is 11.8 Å². The molecule has 78 valence electrons. The first-order valence-electron chi connectivity index (χ1n) is 4.52. The number of hydrogen-bond donors (Lipinski definition) is 1. The number of halogens is 1. The molecule has 1 aromatic heterocycles. The van der Waals surface area contributed by atoms with Gasteiger partial charge in [0.1, 0.15) is 16.5 Å². The van der Waals surface area contributed by atoms with Crippen LogP contribution in [-0.2, 0) is 6.61 Å². The van der Waals surface area contributed by atoms with Crippen molar-refractivity contribution in [3.05, 3.63) is 17.0 Å². The van der Waals surface area contributed by atoms with E-state index in [1.165, 1.54) is 6.33 Å². The van der Waals surface area contributed by atoms with Crippen LogP contribution in [0.5, 0.6) is 0 Å². The van der Waals surface area contributed by atoms with E-state index < -0.39 is 0 Å². The van der Waals surface area contributed by atoms with Gasteiger partial charge in [0.15, 0.2) is 0 Å². The van der Waals surface area contributed by atoms with Gasteiger partial charge < -0.3 is 5.11 Å². The Morgan fingerprint density at radius 1 is 1.50 bits per heavy atom. The molecule has 0 amide bonds. The summed E-state index contributed by atoms with van der Waals surface area (Å²) in [7, 11) is 0. The highest BCUT2D eigenvalue weighted by molar-refractivity contribution is 7.99. The average Bonchev–Trinajstić information content (AvgIpc) is 2.18. The van der Waals surface area contributed by atoms with Crippen LogP contribution < -0.4 is 0 Å². The number of rotatable bonds is 5. The molecule has 0 aliphatic rings. The second-order valence-electron chi connectivity index (χ2n) is 2.81. The second-order valence-corrected chi connectivity index (χ2v) is 4.25. The third-order valence-corrected chi connectivity index (χ3v) is 3.19. The molecule has 1 aromatic rings. The summed E-state index contributed by atoms with van der Waals surface area (Å²) in [5, 5.41) is 10.2. The Kier molecular flexibility index (Phi) is 5.22. The van der Waals surface area contributed by atoms with Crippen LogP contribution in [0.2, 0.25) is 5.15 Å². The Hall–Kier alpha value is -0.320. The van der Waals surface area contributed by atoms with Gasteiger partial charge in [-0.25, -0.2) is 9.97 Å². The fourth-order valence-electron chi connectivity index (χ4n) is 0.947. The summed E-state index contributed by atoms with van der Waals surface area (Å²) in [5.41, 5.74) is 0.635. The highest BCUT2D eigenvalue weighted by Gasteiger charge is 2.08. The molecule has 0 spiro atoms. The number of hydrogen-bond acceptors (Lipinski definition) is 4. The molecule has 0 radical (unpaired) electrons. The smallest absolute Gasteiger partial charge is 0.139 e. The van der Waals surface area contributed by atoms with Crippen molar-refractivity contribution in [2.24, 2.45) is 0 Å². The van der Waals surface area contributed by atoms with E-state index >= 15 is 0 Å². The summed E-state index contributed by atoms with van der Waals surface area (Å²) < 4.78 is 0. The largest absolute Gasteiger partial charge is 0.391 e. The molecule has 1 N–H and O–H groups in total. The Balaban J connectivity index is 2.70. The molecule has 0 unspecified atom stereocenters. The normalized spacial score (nSPS) is 10.5. The molecule has 0 saturated heterocycles. The van der Waals surface area contributed by atoms with E-state index in [0.29, 0.717) is 10.7 Å². The van der Waals surface area contributed by atoms with Gasteiger partial charge in [0.05, 0.1) is 6.61 Å². The first-order valence-corrected chi connectivity index (χ1v) is 5.89. The summed E-state index contributed by atoms with van der Waals surface area (Å²) >= 11 is 7.43. The predicted molar refractivity (Wildman–Crippen MR) is 58.6 cm³/mol. The monoisotopic (exact) mass is 232 g/mol. The van der Waals surface area contributed by atoms with Gasteiger partial charge >= 0.3 is 0 Å². The zero-order chi connectivity index (χ0) is 10.4. The van der Waals surface area contributed by atoms with E-state index in [0.717, 1.165) is 23.6 Å². The van der Waals surface area contributed by atoms with E-state index in [2.05, 4.69) is 16.9 Å². The minimum atomic E-state index is -0.103. The van der Waals surface area contributed by atoms with Crippen LogP contribution in [0.4, 0.5) is 0 Å². The van der Waals surface area contributed by atoms with E-state index in [9.17, 15) is 0 Å². The van der Waals surface area contributed by atoms with E-state index in [-0.39, 0.29) is 6.61 Å². The minimum absolute atomic E-state index is 0.103. The molecule has 0 atom stereocenters. The fraction of sp³-hybridized carbons (Fsp3) is 0.556. The number of aliphatic hydroxyl groups excluding tert-OH is 1. The van der Waals surface area contributed by atoms with Gasteiger partial charge in [0.2, 0.25) is 0 Å². The van der Waals surface area contributed by atoms with Crippen LogP contribution in [0.25, 0.3) is 0 Å². The van der Waals surface area contributed by atoms with Crippen LogP contribution in [0, 0.1) is 0 Å². The quantitative estimate of drug-likeness (QED) is 0.482. The van der Waals surface area contributed by atoms with Crippen molar-refractivity contribution < 1.29 is 5.11 Å². The Morgan fingerprint density at radius 2 is 2.29 bits per heavy atom. The summed E-state index contributed by atoms with van der Waals surface area (Å²) in [5.74, 6) is 0.997. The number of aromatic nitrogens is 2. The molecule has 1 rings (SSSR count). The predicted octanol–water partition coefficient (Wildman–Crippen LogP) is 2.51. The van der Waals surface area contributed by atoms with Crippen LogP contribution in [0.3, 0.4) is 0 Å². The van der Waals surface area contributed by atoms with Gasteiger partial charge in [-0.3, -0.25) is 0 Å². The molecule has 0 aliphatic heterocycles. The molecule has 0 bridgehead atoms. The summed E-state index contributed by atoms with van der Waals surface area (Å²) in [6.45, 7) is 2.04. The number of unbranched alkanes of at least 4 members (excludes halogenated alkanes) is 1. The van der Waals surface area contributed by atoms with Gasteiger partial charge in [-0.15, -0.1) is 11.8 Å². The maximum atomic E-state index is 9.08. The highest BCUT2D eigenvalue weighted by Crippen LogP contribution is 2.25. The molecule has 0 aliphatic carbocycles. The first-order chi connectivity index (χ1) is 6.79. The lowest BCUT2D eigenvalue weighted by Crippen LogP contribution is -1.95. The summed E-state index contributed by atoms with van der Waals surface area (Å²) in [6, 6.07) is 0. The molecule has 0 fully saturated rings. The van der Waals surface area contributed by atoms with E-state index in [4.69, 9.17) is 16.7 Å². The van der Waals surface area contributed by atoms with Crippen molar-refractivity contribution in [3.63, 3.8) is 0 Å². The fourth-order valence-corrected chi connectivity index (χ4v) is 2.28. The Morgan fingerprint density at radius 3 is 2.93 bits per heavy atom. The van der Waals surface area contributed by atoms with Gasteiger partial charge in [-0.2, -0.15) is 0 Å². The van der Waals surface area contributed by atoms with Crippen LogP contribution in [0.15, 0.2) is 11.4 Å². The van der Waals surface area contributed by atoms with Gasteiger partial charge in [-0.1, -0.05) is 24.9 Å².